The van der Waals surface area contributed by atoms with Gasteiger partial charge >= 0.3 is 0 Å². The van der Waals surface area contributed by atoms with Crippen LogP contribution in [-0.2, 0) is 4.74 Å². The molecule has 0 radical (unpaired) electrons. The first-order chi connectivity index (χ1) is 14.8. The number of aliphatic hydroxyl groups excluding tert-OH is 2. The van der Waals surface area contributed by atoms with Crippen molar-refractivity contribution in [3.05, 3.63) is 23.3 Å². The van der Waals surface area contributed by atoms with E-state index in [1.54, 1.807) is 5.57 Å². The van der Waals surface area contributed by atoms with Gasteiger partial charge in [-0.05, 0) is 88.4 Å². The van der Waals surface area contributed by atoms with E-state index in [0.717, 1.165) is 31.9 Å². The second kappa shape index (κ2) is 9.67. The second-order valence-electron chi connectivity index (χ2n) is 11.5. The fourth-order valence-electron chi connectivity index (χ4n) is 7.47. The molecule has 1 aliphatic heterocycles. The molecule has 3 saturated carbocycles. The van der Waals surface area contributed by atoms with Crippen molar-refractivity contribution in [2.24, 2.45) is 23.2 Å². The van der Waals surface area contributed by atoms with E-state index in [-0.39, 0.29) is 12.2 Å². The SMILES string of the molecule is C[C@@H]1CN(C[C@@H](C)[C@H]2CC[C@H]3/C(=C/C=C4C[C@@H](O)C[C@H](O)C4)CCC[C@]23C)[C@H](C)CO1. The van der Waals surface area contributed by atoms with Crippen LogP contribution in [0.25, 0.3) is 0 Å². The van der Waals surface area contributed by atoms with E-state index in [1.807, 2.05) is 0 Å². The van der Waals surface area contributed by atoms with Gasteiger partial charge < -0.3 is 14.9 Å². The molecule has 0 spiro atoms. The monoisotopic (exact) mass is 431 g/mol. The standard InChI is InChI=1S/C27H45NO3/c1-18(15-28-16-20(3)31-17-19(28)2)25-9-10-26-22(6-5-11-27(25,26)4)8-7-21-12-23(29)14-24(30)13-21/h7-8,18-20,23-26,29-30H,5-6,9-17H2,1-4H3/b22-8+/t18-,19-,20-,23-,24-,25-,26+,27-/m1/s1. The largest absolute Gasteiger partial charge is 0.393 e. The minimum atomic E-state index is -0.382. The molecule has 1 heterocycles. The number of morpholine rings is 1. The first-order valence-corrected chi connectivity index (χ1v) is 12.9. The Balaban J connectivity index is 1.45. The molecule has 0 bridgehead atoms. The third-order valence-corrected chi connectivity index (χ3v) is 9.06. The number of aliphatic hydroxyl groups is 2. The topological polar surface area (TPSA) is 52.9 Å². The van der Waals surface area contributed by atoms with Crippen molar-refractivity contribution in [3.63, 3.8) is 0 Å². The third kappa shape index (κ3) is 5.13. The van der Waals surface area contributed by atoms with Crippen LogP contribution in [0.2, 0.25) is 0 Å². The summed E-state index contributed by atoms with van der Waals surface area (Å²) in [5.74, 6) is 2.20. The lowest BCUT2D eigenvalue weighted by atomic mass is 9.61. The fraction of sp³-hybridized carbons (Fsp3) is 0.852. The fourth-order valence-corrected chi connectivity index (χ4v) is 7.47. The Morgan fingerprint density at radius 3 is 2.65 bits per heavy atom. The number of fused-ring (bicyclic) bond motifs is 1. The van der Waals surface area contributed by atoms with Gasteiger partial charge in [0.05, 0.1) is 24.9 Å². The summed E-state index contributed by atoms with van der Waals surface area (Å²) in [6.45, 7) is 12.7. The summed E-state index contributed by atoms with van der Waals surface area (Å²) in [5, 5.41) is 20.0. The number of nitrogens with zero attached hydrogens (tertiary/aromatic N) is 1. The zero-order valence-corrected chi connectivity index (χ0v) is 20.2. The molecule has 176 valence electrons. The average molecular weight is 432 g/mol. The molecule has 0 aromatic heterocycles. The Morgan fingerprint density at radius 2 is 1.90 bits per heavy atom. The molecule has 1 saturated heterocycles. The molecular weight excluding hydrogens is 386 g/mol. The van der Waals surface area contributed by atoms with E-state index in [2.05, 4.69) is 44.7 Å². The number of ether oxygens (including phenoxy) is 1. The molecule has 4 heteroatoms. The summed E-state index contributed by atoms with van der Waals surface area (Å²) in [6.07, 6.45) is 12.7. The van der Waals surface area contributed by atoms with E-state index >= 15 is 0 Å². The van der Waals surface area contributed by atoms with Crippen LogP contribution in [-0.4, -0.2) is 59.2 Å². The van der Waals surface area contributed by atoms with Crippen molar-refractivity contribution in [1.29, 1.82) is 0 Å². The van der Waals surface area contributed by atoms with Crippen LogP contribution in [0.1, 0.15) is 79.1 Å². The number of hydrogen-bond donors (Lipinski definition) is 2. The summed E-state index contributed by atoms with van der Waals surface area (Å²) in [5.41, 5.74) is 3.25. The molecule has 31 heavy (non-hydrogen) atoms. The Morgan fingerprint density at radius 1 is 1.16 bits per heavy atom. The smallest absolute Gasteiger partial charge is 0.0674 e. The zero-order chi connectivity index (χ0) is 22.2. The molecule has 4 rings (SSSR count). The van der Waals surface area contributed by atoms with Gasteiger partial charge in [-0.3, -0.25) is 4.90 Å². The van der Waals surface area contributed by atoms with E-state index in [9.17, 15) is 10.2 Å². The number of allylic oxidation sites excluding steroid dienone is 3. The van der Waals surface area contributed by atoms with Gasteiger partial charge in [0.2, 0.25) is 0 Å². The van der Waals surface area contributed by atoms with E-state index < -0.39 is 0 Å². The molecule has 4 nitrogen and oxygen atoms in total. The summed E-state index contributed by atoms with van der Waals surface area (Å²) < 4.78 is 5.85. The minimum Gasteiger partial charge on any atom is -0.393 e. The highest BCUT2D eigenvalue weighted by molar-refractivity contribution is 5.26. The number of hydrogen-bond acceptors (Lipinski definition) is 4. The maximum Gasteiger partial charge on any atom is 0.0674 e. The van der Waals surface area contributed by atoms with Crippen molar-refractivity contribution in [2.75, 3.05) is 19.7 Å². The van der Waals surface area contributed by atoms with Crippen LogP contribution < -0.4 is 0 Å². The van der Waals surface area contributed by atoms with Gasteiger partial charge in [-0.1, -0.05) is 37.1 Å². The maximum atomic E-state index is 10.0. The molecule has 2 N–H and O–H groups in total. The van der Waals surface area contributed by atoms with Crippen molar-refractivity contribution in [1.82, 2.24) is 4.90 Å². The Bertz CT molecular complexity index is 676. The van der Waals surface area contributed by atoms with E-state index in [4.69, 9.17) is 4.74 Å². The Hall–Kier alpha value is -0.680. The highest BCUT2D eigenvalue weighted by atomic mass is 16.5. The van der Waals surface area contributed by atoms with E-state index in [0.29, 0.717) is 35.8 Å². The predicted octanol–water partition coefficient (Wildman–Crippen LogP) is 4.71. The highest BCUT2D eigenvalue weighted by Gasteiger charge is 2.51. The third-order valence-electron chi connectivity index (χ3n) is 9.06. The van der Waals surface area contributed by atoms with Gasteiger partial charge in [0.1, 0.15) is 0 Å². The molecule has 4 aliphatic rings. The van der Waals surface area contributed by atoms with Gasteiger partial charge in [0.25, 0.3) is 0 Å². The van der Waals surface area contributed by atoms with Gasteiger partial charge in [-0.15, -0.1) is 0 Å². The van der Waals surface area contributed by atoms with Crippen molar-refractivity contribution in [2.45, 2.75) is 103 Å². The first-order valence-electron chi connectivity index (χ1n) is 12.9. The van der Waals surface area contributed by atoms with Gasteiger partial charge in [0.15, 0.2) is 0 Å². The van der Waals surface area contributed by atoms with Crippen molar-refractivity contribution < 1.29 is 14.9 Å². The lowest BCUT2D eigenvalue weighted by molar-refractivity contribution is -0.0596. The average Bonchev–Trinajstić information content (AvgIpc) is 3.06. The van der Waals surface area contributed by atoms with Crippen LogP contribution in [0.3, 0.4) is 0 Å². The van der Waals surface area contributed by atoms with Crippen LogP contribution in [0, 0.1) is 23.2 Å². The van der Waals surface area contributed by atoms with Gasteiger partial charge in [-0.25, -0.2) is 0 Å². The molecule has 4 fully saturated rings. The molecular formula is C27H45NO3. The zero-order valence-electron chi connectivity index (χ0n) is 20.2. The lowest BCUT2D eigenvalue weighted by Crippen LogP contribution is -2.50. The molecule has 0 amide bonds. The predicted molar refractivity (Wildman–Crippen MR) is 126 cm³/mol. The minimum absolute atomic E-state index is 0.351. The van der Waals surface area contributed by atoms with Crippen molar-refractivity contribution in [3.8, 4) is 0 Å². The molecule has 3 aliphatic carbocycles. The Kier molecular flexibility index (Phi) is 7.32. The van der Waals surface area contributed by atoms with Gasteiger partial charge in [-0.2, -0.15) is 0 Å². The Labute approximate surface area is 189 Å². The lowest BCUT2D eigenvalue weighted by Gasteiger charge is -2.46. The van der Waals surface area contributed by atoms with Gasteiger partial charge in [0, 0.05) is 19.1 Å². The highest BCUT2D eigenvalue weighted by Crippen LogP contribution is 2.59. The summed E-state index contributed by atoms with van der Waals surface area (Å²) in [6, 6.07) is 0.526. The molecule has 8 atom stereocenters. The summed E-state index contributed by atoms with van der Waals surface area (Å²) in [4.78, 5) is 2.67. The van der Waals surface area contributed by atoms with E-state index in [1.165, 1.54) is 44.2 Å². The number of rotatable bonds is 4. The molecule has 0 aromatic rings. The van der Waals surface area contributed by atoms with Crippen molar-refractivity contribution >= 4 is 0 Å². The van der Waals surface area contributed by atoms with Crippen LogP contribution >= 0.6 is 0 Å². The maximum absolute atomic E-state index is 10.0. The molecule has 0 unspecified atom stereocenters. The second-order valence-corrected chi connectivity index (χ2v) is 11.5. The normalized spacial score (nSPS) is 44.3. The van der Waals surface area contributed by atoms with Crippen LogP contribution in [0.15, 0.2) is 23.3 Å². The van der Waals surface area contributed by atoms with Crippen LogP contribution in [0.5, 0.6) is 0 Å². The first kappa shape index (κ1) is 23.5. The molecule has 0 aromatic carbocycles. The quantitative estimate of drug-likeness (QED) is 0.677. The summed E-state index contributed by atoms with van der Waals surface area (Å²) in [7, 11) is 0. The van der Waals surface area contributed by atoms with Crippen LogP contribution in [0.4, 0.5) is 0 Å². The summed E-state index contributed by atoms with van der Waals surface area (Å²) >= 11 is 0.